The molecule has 18 heavy (non-hydrogen) atoms. The van der Waals surface area contributed by atoms with E-state index in [1.807, 2.05) is 6.26 Å². The molecular formula is C17H24O. The third-order valence-corrected chi connectivity index (χ3v) is 3.46. The average Bonchev–Trinajstić information content (AvgIpc) is 2.24. The molecule has 0 radical (unpaired) electrons. The Hall–Kier alpha value is -1.24. The SMILES string of the molecule is CC(C)(C)c1ccc2c(c1C(C)(C)C)C=COC2. The minimum absolute atomic E-state index is 0.148. The van der Waals surface area contributed by atoms with Crippen molar-refractivity contribution in [2.24, 2.45) is 0 Å². The number of rotatable bonds is 0. The zero-order chi connectivity index (χ0) is 13.6. The van der Waals surface area contributed by atoms with Crippen LogP contribution >= 0.6 is 0 Å². The van der Waals surface area contributed by atoms with Crippen LogP contribution in [0.5, 0.6) is 0 Å². The molecule has 1 aromatic carbocycles. The van der Waals surface area contributed by atoms with Gasteiger partial charge in [-0.2, -0.15) is 0 Å². The lowest BCUT2D eigenvalue weighted by molar-refractivity contribution is 0.234. The molecule has 2 rings (SSSR count). The fourth-order valence-corrected chi connectivity index (χ4v) is 2.67. The van der Waals surface area contributed by atoms with Gasteiger partial charge in [0.15, 0.2) is 0 Å². The van der Waals surface area contributed by atoms with E-state index in [0.29, 0.717) is 6.61 Å². The van der Waals surface area contributed by atoms with E-state index < -0.39 is 0 Å². The fraction of sp³-hybridized carbons (Fsp3) is 0.529. The molecule has 0 fully saturated rings. The third kappa shape index (κ3) is 2.31. The maximum Gasteiger partial charge on any atom is 0.113 e. The van der Waals surface area contributed by atoms with Crippen LogP contribution < -0.4 is 0 Å². The minimum Gasteiger partial charge on any atom is -0.496 e. The largest absolute Gasteiger partial charge is 0.496 e. The normalized spacial score (nSPS) is 15.2. The molecule has 0 saturated carbocycles. The van der Waals surface area contributed by atoms with Crippen molar-refractivity contribution in [1.29, 1.82) is 0 Å². The molecule has 0 amide bonds. The number of hydrogen-bond acceptors (Lipinski definition) is 1. The molecule has 0 aliphatic carbocycles. The topological polar surface area (TPSA) is 9.23 Å². The van der Waals surface area contributed by atoms with E-state index in [1.165, 1.54) is 22.3 Å². The van der Waals surface area contributed by atoms with Crippen LogP contribution in [0.15, 0.2) is 18.4 Å². The Morgan fingerprint density at radius 1 is 0.944 bits per heavy atom. The zero-order valence-corrected chi connectivity index (χ0v) is 12.4. The molecule has 1 aliphatic rings. The highest BCUT2D eigenvalue weighted by Gasteiger charge is 2.28. The summed E-state index contributed by atoms with van der Waals surface area (Å²) in [5.74, 6) is 0. The van der Waals surface area contributed by atoms with Crippen molar-refractivity contribution in [3.05, 3.63) is 40.6 Å². The number of fused-ring (bicyclic) bond motifs is 1. The maximum atomic E-state index is 5.41. The van der Waals surface area contributed by atoms with Crippen LogP contribution in [0, 0.1) is 0 Å². The van der Waals surface area contributed by atoms with E-state index in [9.17, 15) is 0 Å². The molecule has 98 valence electrons. The lowest BCUT2D eigenvalue weighted by atomic mass is 9.72. The minimum atomic E-state index is 0.148. The summed E-state index contributed by atoms with van der Waals surface area (Å²) in [6, 6.07) is 4.50. The van der Waals surface area contributed by atoms with E-state index in [2.05, 4.69) is 59.8 Å². The molecule has 0 saturated heterocycles. The Morgan fingerprint density at radius 3 is 2.17 bits per heavy atom. The summed E-state index contributed by atoms with van der Waals surface area (Å²) in [5.41, 5.74) is 5.89. The van der Waals surface area contributed by atoms with E-state index in [0.717, 1.165) is 0 Å². The molecule has 0 spiro atoms. The number of benzene rings is 1. The highest BCUT2D eigenvalue weighted by molar-refractivity contribution is 5.63. The van der Waals surface area contributed by atoms with Crippen LogP contribution in [0.2, 0.25) is 0 Å². The second-order valence-corrected chi connectivity index (χ2v) is 7.17. The Kier molecular flexibility index (Phi) is 3.04. The fourth-order valence-electron chi connectivity index (χ4n) is 2.67. The second kappa shape index (κ2) is 4.15. The summed E-state index contributed by atoms with van der Waals surface area (Å²) in [7, 11) is 0. The van der Waals surface area contributed by atoms with Crippen molar-refractivity contribution < 1.29 is 4.74 Å². The van der Waals surface area contributed by atoms with Gasteiger partial charge in [0.25, 0.3) is 0 Å². The maximum absolute atomic E-state index is 5.41. The van der Waals surface area contributed by atoms with Crippen LogP contribution in [-0.2, 0) is 22.2 Å². The quantitative estimate of drug-likeness (QED) is 0.638. The zero-order valence-electron chi connectivity index (χ0n) is 12.4. The van der Waals surface area contributed by atoms with Gasteiger partial charge in [-0.05, 0) is 39.2 Å². The van der Waals surface area contributed by atoms with Crippen LogP contribution in [0.25, 0.3) is 6.08 Å². The second-order valence-electron chi connectivity index (χ2n) is 7.17. The molecule has 1 nitrogen and oxygen atoms in total. The van der Waals surface area contributed by atoms with Gasteiger partial charge >= 0.3 is 0 Å². The van der Waals surface area contributed by atoms with Gasteiger partial charge in [-0.15, -0.1) is 0 Å². The van der Waals surface area contributed by atoms with Gasteiger partial charge in [0.2, 0.25) is 0 Å². The first kappa shape index (κ1) is 13.2. The Morgan fingerprint density at radius 2 is 1.61 bits per heavy atom. The summed E-state index contributed by atoms with van der Waals surface area (Å²) in [4.78, 5) is 0. The molecular weight excluding hydrogens is 220 g/mol. The predicted molar refractivity (Wildman–Crippen MR) is 77.7 cm³/mol. The van der Waals surface area contributed by atoms with Crippen molar-refractivity contribution in [1.82, 2.24) is 0 Å². The molecule has 0 unspecified atom stereocenters. The van der Waals surface area contributed by atoms with Gasteiger partial charge in [-0.1, -0.05) is 53.7 Å². The molecule has 1 heteroatoms. The van der Waals surface area contributed by atoms with Crippen molar-refractivity contribution in [2.45, 2.75) is 59.0 Å². The smallest absolute Gasteiger partial charge is 0.113 e. The van der Waals surface area contributed by atoms with Gasteiger partial charge in [0.05, 0.1) is 6.26 Å². The first-order valence-corrected chi connectivity index (χ1v) is 6.66. The molecule has 0 bridgehead atoms. The first-order chi connectivity index (χ1) is 8.21. The number of hydrogen-bond donors (Lipinski definition) is 0. The summed E-state index contributed by atoms with van der Waals surface area (Å²) in [6.45, 7) is 14.4. The van der Waals surface area contributed by atoms with Crippen molar-refractivity contribution in [3.8, 4) is 0 Å². The summed E-state index contributed by atoms with van der Waals surface area (Å²) in [5, 5.41) is 0. The Labute approximate surface area is 111 Å². The average molecular weight is 244 g/mol. The van der Waals surface area contributed by atoms with Gasteiger partial charge in [0.1, 0.15) is 6.61 Å². The molecule has 1 aromatic rings. The summed E-state index contributed by atoms with van der Waals surface area (Å²) < 4.78 is 5.41. The van der Waals surface area contributed by atoms with Gasteiger partial charge in [0, 0.05) is 0 Å². The Balaban J connectivity index is 2.75. The van der Waals surface area contributed by atoms with Gasteiger partial charge in [-0.3, -0.25) is 0 Å². The van der Waals surface area contributed by atoms with Crippen molar-refractivity contribution in [2.75, 3.05) is 0 Å². The van der Waals surface area contributed by atoms with E-state index in [1.54, 1.807) is 0 Å². The van der Waals surface area contributed by atoms with E-state index in [-0.39, 0.29) is 10.8 Å². The van der Waals surface area contributed by atoms with E-state index >= 15 is 0 Å². The van der Waals surface area contributed by atoms with Gasteiger partial charge in [-0.25, -0.2) is 0 Å². The van der Waals surface area contributed by atoms with Crippen LogP contribution in [0.3, 0.4) is 0 Å². The Bertz CT molecular complexity index is 482. The monoisotopic (exact) mass is 244 g/mol. The van der Waals surface area contributed by atoms with E-state index in [4.69, 9.17) is 4.74 Å². The van der Waals surface area contributed by atoms with Gasteiger partial charge < -0.3 is 4.74 Å². The lowest BCUT2D eigenvalue weighted by Gasteiger charge is -2.33. The van der Waals surface area contributed by atoms with Crippen LogP contribution in [0.4, 0.5) is 0 Å². The number of ether oxygens (including phenoxy) is 1. The van der Waals surface area contributed by atoms with Crippen LogP contribution in [-0.4, -0.2) is 0 Å². The molecule has 1 aliphatic heterocycles. The molecule has 0 aromatic heterocycles. The predicted octanol–water partition coefficient (Wildman–Crippen LogP) is 4.78. The highest BCUT2D eigenvalue weighted by Crippen LogP contribution is 2.39. The molecule has 0 atom stereocenters. The summed E-state index contributed by atoms with van der Waals surface area (Å²) in [6.07, 6.45) is 3.94. The van der Waals surface area contributed by atoms with Crippen molar-refractivity contribution >= 4 is 6.08 Å². The molecule has 0 N–H and O–H groups in total. The first-order valence-electron chi connectivity index (χ1n) is 6.66. The standard InChI is InChI=1S/C17H24O/c1-16(2,3)14-8-7-12-11-18-10-9-13(12)15(14)17(4,5)6/h7-10H,11H2,1-6H3. The third-order valence-electron chi connectivity index (χ3n) is 3.46. The summed E-state index contributed by atoms with van der Waals surface area (Å²) >= 11 is 0. The highest BCUT2D eigenvalue weighted by atomic mass is 16.5. The van der Waals surface area contributed by atoms with Crippen molar-refractivity contribution in [3.63, 3.8) is 0 Å². The van der Waals surface area contributed by atoms with Crippen LogP contribution in [0.1, 0.15) is 63.8 Å². The molecule has 1 heterocycles. The lowest BCUT2D eigenvalue weighted by Crippen LogP contribution is -2.24.